The van der Waals surface area contributed by atoms with Gasteiger partial charge in [0.2, 0.25) is 0 Å². The number of nitrogens with zero attached hydrogens (tertiary/aromatic N) is 2. The highest BCUT2D eigenvalue weighted by atomic mass is 127. The van der Waals surface area contributed by atoms with E-state index in [-0.39, 0.29) is 29.9 Å². The second-order valence-electron chi connectivity index (χ2n) is 7.44. The second kappa shape index (κ2) is 12.3. The van der Waals surface area contributed by atoms with E-state index >= 15 is 0 Å². The van der Waals surface area contributed by atoms with Crippen molar-refractivity contribution in [2.45, 2.75) is 58.0 Å². The standard InChI is InChI=1S/C18H33F3N4.HI/c1-2-22-17(23-10-5-8-15-6-3-4-7-15)24-12-16-9-11-25(13-16)14-18(19,20)21;/h15-16H,2-14H2,1H3,(H2,22,23,24);1H. The Morgan fingerprint density at radius 3 is 2.50 bits per heavy atom. The predicted octanol–water partition coefficient (Wildman–Crippen LogP) is 4.01. The van der Waals surface area contributed by atoms with Crippen molar-refractivity contribution in [3.63, 3.8) is 0 Å². The Labute approximate surface area is 172 Å². The first-order chi connectivity index (χ1) is 12.0. The number of hydrogen-bond acceptors (Lipinski definition) is 2. The molecule has 0 radical (unpaired) electrons. The minimum absolute atomic E-state index is 0. The van der Waals surface area contributed by atoms with E-state index in [9.17, 15) is 13.2 Å². The largest absolute Gasteiger partial charge is 0.401 e. The Morgan fingerprint density at radius 2 is 1.85 bits per heavy atom. The lowest BCUT2D eigenvalue weighted by Gasteiger charge is -2.17. The van der Waals surface area contributed by atoms with Gasteiger partial charge in [-0.3, -0.25) is 9.89 Å². The number of hydrogen-bond donors (Lipinski definition) is 2. The number of likely N-dealkylation sites (tertiary alicyclic amines) is 1. The van der Waals surface area contributed by atoms with Crippen molar-refractivity contribution >= 4 is 29.9 Å². The molecular formula is C18H34F3IN4. The monoisotopic (exact) mass is 490 g/mol. The third-order valence-electron chi connectivity index (χ3n) is 5.18. The molecule has 0 aromatic rings. The molecule has 154 valence electrons. The second-order valence-corrected chi connectivity index (χ2v) is 7.44. The van der Waals surface area contributed by atoms with Gasteiger partial charge in [0.1, 0.15) is 0 Å². The summed E-state index contributed by atoms with van der Waals surface area (Å²) in [5, 5.41) is 6.59. The highest BCUT2D eigenvalue weighted by Crippen LogP contribution is 2.28. The third-order valence-corrected chi connectivity index (χ3v) is 5.18. The van der Waals surface area contributed by atoms with Gasteiger partial charge in [0, 0.05) is 26.2 Å². The van der Waals surface area contributed by atoms with E-state index < -0.39 is 12.7 Å². The Bertz CT molecular complexity index is 412. The predicted molar refractivity (Wildman–Crippen MR) is 111 cm³/mol. The van der Waals surface area contributed by atoms with Crippen LogP contribution in [0, 0.1) is 11.8 Å². The van der Waals surface area contributed by atoms with Crippen LogP contribution in [0.15, 0.2) is 4.99 Å². The molecule has 1 aliphatic carbocycles. The number of alkyl halides is 3. The van der Waals surface area contributed by atoms with Crippen molar-refractivity contribution in [1.29, 1.82) is 0 Å². The molecule has 0 amide bonds. The van der Waals surface area contributed by atoms with Crippen molar-refractivity contribution < 1.29 is 13.2 Å². The van der Waals surface area contributed by atoms with Crippen LogP contribution in [-0.4, -0.2) is 56.3 Å². The highest BCUT2D eigenvalue weighted by molar-refractivity contribution is 14.0. The zero-order valence-electron chi connectivity index (χ0n) is 15.8. The topological polar surface area (TPSA) is 39.7 Å². The van der Waals surface area contributed by atoms with Crippen molar-refractivity contribution in [3.8, 4) is 0 Å². The molecule has 1 heterocycles. The van der Waals surface area contributed by atoms with E-state index in [4.69, 9.17) is 0 Å². The molecule has 2 aliphatic rings. The summed E-state index contributed by atoms with van der Waals surface area (Å²) in [5.41, 5.74) is 0. The van der Waals surface area contributed by atoms with Crippen LogP contribution in [-0.2, 0) is 0 Å². The summed E-state index contributed by atoms with van der Waals surface area (Å²) in [6, 6.07) is 0. The Balaban J connectivity index is 0.00000338. The molecule has 8 heteroatoms. The fourth-order valence-corrected chi connectivity index (χ4v) is 3.92. The van der Waals surface area contributed by atoms with Gasteiger partial charge < -0.3 is 10.6 Å². The molecular weight excluding hydrogens is 456 g/mol. The van der Waals surface area contributed by atoms with Crippen LogP contribution >= 0.6 is 24.0 Å². The van der Waals surface area contributed by atoms with Gasteiger partial charge in [0.15, 0.2) is 5.96 Å². The van der Waals surface area contributed by atoms with Gasteiger partial charge in [-0.25, -0.2) is 0 Å². The van der Waals surface area contributed by atoms with Crippen LogP contribution in [0.25, 0.3) is 0 Å². The van der Waals surface area contributed by atoms with Gasteiger partial charge in [-0.2, -0.15) is 13.2 Å². The lowest BCUT2D eigenvalue weighted by atomic mass is 10.0. The normalized spacial score (nSPS) is 22.5. The first-order valence-corrected chi connectivity index (χ1v) is 9.77. The summed E-state index contributed by atoms with van der Waals surface area (Å²) in [7, 11) is 0. The average molecular weight is 490 g/mol. The third kappa shape index (κ3) is 9.62. The zero-order chi connectivity index (χ0) is 18.1. The SMILES string of the molecule is CCNC(=NCC1CCN(CC(F)(F)F)C1)NCCCC1CCCC1.I. The maximum atomic E-state index is 12.4. The average Bonchev–Trinajstić information content (AvgIpc) is 3.19. The minimum atomic E-state index is -4.10. The van der Waals surface area contributed by atoms with Crippen LogP contribution in [0.3, 0.4) is 0 Å². The van der Waals surface area contributed by atoms with E-state index in [0.29, 0.717) is 19.6 Å². The number of aliphatic imine (C=N–C) groups is 1. The Kier molecular flexibility index (Phi) is 11.2. The summed E-state index contributed by atoms with van der Waals surface area (Å²) < 4.78 is 37.3. The van der Waals surface area contributed by atoms with E-state index in [2.05, 4.69) is 15.6 Å². The number of rotatable bonds is 8. The van der Waals surface area contributed by atoms with Crippen LogP contribution in [0.4, 0.5) is 13.2 Å². The highest BCUT2D eigenvalue weighted by Gasteiger charge is 2.34. The van der Waals surface area contributed by atoms with Gasteiger partial charge in [0.05, 0.1) is 6.54 Å². The van der Waals surface area contributed by atoms with Crippen LogP contribution in [0.5, 0.6) is 0 Å². The molecule has 0 spiro atoms. The van der Waals surface area contributed by atoms with Gasteiger partial charge >= 0.3 is 6.18 Å². The summed E-state index contributed by atoms with van der Waals surface area (Å²) in [4.78, 5) is 6.07. The number of nitrogens with one attached hydrogen (secondary N) is 2. The molecule has 4 nitrogen and oxygen atoms in total. The van der Waals surface area contributed by atoms with E-state index in [0.717, 1.165) is 37.8 Å². The molecule has 2 N–H and O–H groups in total. The lowest BCUT2D eigenvalue weighted by molar-refractivity contribution is -0.143. The molecule has 0 bridgehead atoms. The van der Waals surface area contributed by atoms with Crippen LogP contribution in [0.2, 0.25) is 0 Å². The summed E-state index contributed by atoms with van der Waals surface area (Å²) >= 11 is 0. The molecule has 1 saturated heterocycles. The van der Waals surface area contributed by atoms with E-state index in [1.54, 1.807) is 0 Å². The van der Waals surface area contributed by atoms with E-state index in [1.165, 1.54) is 37.0 Å². The van der Waals surface area contributed by atoms with Gasteiger partial charge in [-0.1, -0.05) is 25.7 Å². The quantitative estimate of drug-likeness (QED) is 0.234. The fraction of sp³-hybridized carbons (Fsp3) is 0.944. The Hall–Kier alpha value is -0.250. The first-order valence-electron chi connectivity index (χ1n) is 9.77. The number of halogens is 4. The summed E-state index contributed by atoms with van der Waals surface area (Å²) in [6.07, 6.45) is 4.65. The van der Waals surface area contributed by atoms with Gasteiger partial charge in [0.25, 0.3) is 0 Å². The molecule has 0 aromatic heterocycles. The molecule has 26 heavy (non-hydrogen) atoms. The first kappa shape index (κ1) is 23.8. The van der Waals surface area contributed by atoms with Gasteiger partial charge in [-0.05, 0) is 44.6 Å². The zero-order valence-corrected chi connectivity index (χ0v) is 18.1. The van der Waals surface area contributed by atoms with Crippen molar-refractivity contribution in [2.75, 3.05) is 39.3 Å². The lowest BCUT2D eigenvalue weighted by Crippen LogP contribution is -2.38. The molecule has 1 atom stereocenters. The molecule has 2 rings (SSSR count). The van der Waals surface area contributed by atoms with Crippen LogP contribution < -0.4 is 10.6 Å². The van der Waals surface area contributed by atoms with Gasteiger partial charge in [-0.15, -0.1) is 24.0 Å². The smallest absolute Gasteiger partial charge is 0.357 e. The van der Waals surface area contributed by atoms with Crippen LogP contribution in [0.1, 0.15) is 51.9 Å². The fourth-order valence-electron chi connectivity index (χ4n) is 3.92. The minimum Gasteiger partial charge on any atom is -0.357 e. The Morgan fingerprint density at radius 1 is 1.12 bits per heavy atom. The molecule has 1 aliphatic heterocycles. The summed E-state index contributed by atoms with van der Waals surface area (Å²) in [5.74, 6) is 1.92. The number of guanidine groups is 1. The molecule has 1 saturated carbocycles. The van der Waals surface area contributed by atoms with Crippen molar-refractivity contribution in [1.82, 2.24) is 15.5 Å². The maximum Gasteiger partial charge on any atom is 0.401 e. The molecule has 2 fully saturated rings. The maximum absolute atomic E-state index is 12.4. The van der Waals surface area contributed by atoms with Crippen molar-refractivity contribution in [2.24, 2.45) is 16.8 Å². The molecule has 1 unspecified atom stereocenters. The van der Waals surface area contributed by atoms with E-state index in [1.807, 2.05) is 6.92 Å². The van der Waals surface area contributed by atoms with Crippen molar-refractivity contribution in [3.05, 3.63) is 0 Å². The molecule has 0 aromatic carbocycles. The summed E-state index contributed by atoms with van der Waals surface area (Å²) in [6.45, 7) is 4.52.